The van der Waals surface area contributed by atoms with Gasteiger partial charge in [0.1, 0.15) is 0 Å². The number of piperidine rings is 1. The van der Waals surface area contributed by atoms with Crippen molar-refractivity contribution < 1.29 is 4.79 Å². The lowest BCUT2D eigenvalue weighted by atomic mass is 10.1. The molecule has 2 atom stereocenters. The zero-order valence-electron chi connectivity index (χ0n) is 9.72. The summed E-state index contributed by atoms with van der Waals surface area (Å²) in [6.45, 7) is 1.75. The quantitative estimate of drug-likeness (QED) is 0.721. The number of carbonyl (C=O) groups excluding carboxylic acids is 1. The Morgan fingerprint density at radius 2 is 2.38 bits per heavy atom. The predicted octanol–water partition coefficient (Wildman–Crippen LogP) is 1.69. The van der Waals surface area contributed by atoms with E-state index >= 15 is 0 Å². The highest BCUT2D eigenvalue weighted by Crippen LogP contribution is 2.37. The molecule has 0 spiro atoms. The molecular formula is C13H18N2O. The van der Waals surface area contributed by atoms with Gasteiger partial charge in [-0.1, -0.05) is 0 Å². The number of rotatable bonds is 3. The van der Waals surface area contributed by atoms with Crippen LogP contribution >= 0.6 is 0 Å². The van der Waals surface area contributed by atoms with E-state index in [9.17, 15) is 4.79 Å². The number of hydrogen-bond donors (Lipinski definition) is 0. The number of carbonyl (C=O) groups is 1. The summed E-state index contributed by atoms with van der Waals surface area (Å²) < 4.78 is 1.91. The molecule has 2 heterocycles. The molecule has 3 heteroatoms. The molecule has 2 unspecified atom stereocenters. The SMILES string of the molecule is Cn1cccc1C(=O)CN1CC2CCC1C2. The first-order valence-corrected chi connectivity index (χ1v) is 6.12. The van der Waals surface area contributed by atoms with Gasteiger partial charge < -0.3 is 4.57 Å². The molecule has 0 N–H and O–H groups in total. The molecule has 2 fully saturated rings. The van der Waals surface area contributed by atoms with Crippen molar-refractivity contribution in [1.29, 1.82) is 0 Å². The Hall–Kier alpha value is -1.09. The number of Topliss-reactive ketones (excluding diaryl/α,β-unsaturated/α-hetero) is 1. The Kier molecular flexibility index (Phi) is 2.36. The molecule has 3 nitrogen and oxygen atoms in total. The summed E-state index contributed by atoms with van der Waals surface area (Å²) in [5.41, 5.74) is 0.836. The van der Waals surface area contributed by atoms with E-state index in [1.165, 1.54) is 19.3 Å². The summed E-state index contributed by atoms with van der Waals surface area (Å²) in [6.07, 6.45) is 5.92. The summed E-state index contributed by atoms with van der Waals surface area (Å²) >= 11 is 0. The number of fused-ring (bicyclic) bond motifs is 2. The summed E-state index contributed by atoms with van der Waals surface area (Å²) in [7, 11) is 1.93. The van der Waals surface area contributed by atoms with E-state index in [1.807, 2.05) is 29.9 Å². The molecule has 16 heavy (non-hydrogen) atoms. The summed E-state index contributed by atoms with van der Waals surface area (Å²) in [6, 6.07) is 4.54. The topological polar surface area (TPSA) is 25.2 Å². The summed E-state index contributed by atoms with van der Waals surface area (Å²) in [4.78, 5) is 14.5. The van der Waals surface area contributed by atoms with Crippen LogP contribution in [0.1, 0.15) is 29.8 Å². The van der Waals surface area contributed by atoms with Crippen molar-refractivity contribution in [2.45, 2.75) is 25.3 Å². The van der Waals surface area contributed by atoms with Gasteiger partial charge in [-0.2, -0.15) is 0 Å². The Morgan fingerprint density at radius 1 is 1.50 bits per heavy atom. The van der Waals surface area contributed by atoms with E-state index in [4.69, 9.17) is 0 Å². The molecular weight excluding hydrogens is 200 g/mol. The first kappa shape index (κ1) is 10.1. The van der Waals surface area contributed by atoms with Crippen LogP contribution in [0, 0.1) is 5.92 Å². The molecule has 86 valence electrons. The maximum Gasteiger partial charge on any atom is 0.193 e. The zero-order valence-corrected chi connectivity index (χ0v) is 9.72. The largest absolute Gasteiger partial charge is 0.348 e. The van der Waals surface area contributed by atoms with Crippen LogP contribution in [0.4, 0.5) is 0 Å². The van der Waals surface area contributed by atoms with E-state index in [0.717, 1.165) is 18.2 Å². The fraction of sp³-hybridized carbons (Fsp3) is 0.615. The minimum absolute atomic E-state index is 0.264. The predicted molar refractivity (Wildman–Crippen MR) is 62.4 cm³/mol. The van der Waals surface area contributed by atoms with Gasteiger partial charge in [0.05, 0.1) is 12.2 Å². The minimum Gasteiger partial charge on any atom is -0.348 e. The van der Waals surface area contributed by atoms with Crippen LogP contribution in [0.15, 0.2) is 18.3 Å². The van der Waals surface area contributed by atoms with Crippen LogP contribution in [-0.2, 0) is 7.05 Å². The third kappa shape index (κ3) is 1.59. The molecule has 1 saturated carbocycles. The van der Waals surface area contributed by atoms with Crippen molar-refractivity contribution in [3.8, 4) is 0 Å². The van der Waals surface area contributed by atoms with E-state index in [-0.39, 0.29) is 5.78 Å². The van der Waals surface area contributed by atoms with E-state index in [2.05, 4.69) is 4.90 Å². The molecule has 2 aliphatic rings. The van der Waals surface area contributed by atoms with Crippen LogP contribution < -0.4 is 0 Å². The van der Waals surface area contributed by atoms with E-state index in [1.54, 1.807) is 0 Å². The van der Waals surface area contributed by atoms with Crippen LogP contribution in [0.25, 0.3) is 0 Å². The van der Waals surface area contributed by atoms with Crippen LogP contribution in [0.2, 0.25) is 0 Å². The lowest BCUT2D eigenvalue weighted by Gasteiger charge is -2.25. The molecule has 1 aliphatic carbocycles. The Morgan fingerprint density at radius 3 is 2.94 bits per heavy atom. The van der Waals surface area contributed by atoms with Crippen molar-refractivity contribution in [3.63, 3.8) is 0 Å². The molecule has 1 saturated heterocycles. The van der Waals surface area contributed by atoms with Crippen molar-refractivity contribution in [2.75, 3.05) is 13.1 Å². The van der Waals surface area contributed by atoms with Gasteiger partial charge >= 0.3 is 0 Å². The smallest absolute Gasteiger partial charge is 0.193 e. The third-order valence-corrected chi connectivity index (χ3v) is 4.10. The molecule has 1 aromatic rings. The second kappa shape index (κ2) is 3.74. The van der Waals surface area contributed by atoms with Gasteiger partial charge in [-0.3, -0.25) is 9.69 Å². The highest BCUT2D eigenvalue weighted by atomic mass is 16.1. The standard InChI is InChI=1S/C13H18N2O/c1-14-6-2-3-12(14)13(16)9-15-8-10-4-5-11(15)7-10/h2-3,6,10-11H,4-5,7-9H2,1H3. The second-order valence-electron chi connectivity index (χ2n) is 5.19. The van der Waals surface area contributed by atoms with Crippen molar-refractivity contribution in [1.82, 2.24) is 9.47 Å². The van der Waals surface area contributed by atoms with Gasteiger partial charge in [-0.05, 0) is 37.3 Å². The average molecular weight is 218 g/mol. The van der Waals surface area contributed by atoms with E-state index in [0.29, 0.717) is 12.6 Å². The van der Waals surface area contributed by atoms with Crippen molar-refractivity contribution >= 4 is 5.78 Å². The first-order chi connectivity index (χ1) is 7.74. The Balaban J connectivity index is 1.67. The second-order valence-corrected chi connectivity index (χ2v) is 5.19. The lowest BCUT2D eigenvalue weighted by molar-refractivity contribution is 0.0897. The van der Waals surface area contributed by atoms with Gasteiger partial charge in [0.25, 0.3) is 0 Å². The Bertz CT molecular complexity index is 410. The average Bonchev–Trinajstić information content (AvgIpc) is 2.92. The fourth-order valence-corrected chi connectivity index (χ4v) is 3.24. The number of aromatic nitrogens is 1. The summed E-state index contributed by atoms with van der Waals surface area (Å²) in [5, 5.41) is 0. The number of aryl methyl sites for hydroxylation is 1. The third-order valence-electron chi connectivity index (χ3n) is 4.10. The van der Waals surface area contributed by atoms with Gasteiger partial charge in [-0.15, -0.1) is 0 Å². The molecule has 1 aromatic heterocycles. The van der Waals surface area contributed by atoms with Crippen LogP contribution in [0.5, 0.6) is 0 Å². The summed E-state index contributed by atoms with van der Waals surface area (Å²) in [5.74, 6) is 1.13. The molecule has 0 amide bonds. The number of nitrogens with zero attached hydrogens (tertiary/aromatic N) is 2. The van der Waals surface area contributed by atoms with Crippen molar-refractivity contribution in [3.05, 3.63) is 24.0 Å². The highest BCUT2D eigenvalue weighted by molar-refractivity contribution is 5.96. The van der Waals surface area contributed by atoms with Gasteiger partial charge in [-0.25, -0.2) is 0 Å². The molecule has 3 rings (SSSR count). The maximum absolute atomic E-state index is 12.1. The molecule has 2 bridgehead atoms. The van der Waals surface area contributed by atoms with Gasteiger partial charge in [0.2, 0.25) is 0 Å². The maximum atomic E-state index is 12.1. The molecule has 1 aliphatic heterocycles. The van der Waals surface area contributed by atoms with Crippen LogP contribution in [0.3, 0.4) is 0 Å². The minimum atomic E-state index is 0.264. The van der Waals surface area contributed by atoms with Crippen LogP contribution in [-0.4, -0.2) is 34.4 Å². The normalized spacial score (nSPS) is 28.8. The number of likely N-dealkylation sites (tertiary alicyclic amines) is 1. The molecule has 0 aromatic carbocycles. The number of ketones is 1. The highest BCUT2D eigenvalue weighted by Gasteiger charge is 2.38. The Labute approximate surface area is 96.0 Å². The molecule has 0 radical (unpaired) electrons. The van der Waals surface area contributed by atoms with Crippen molar-refractivity contribution in [2.24, 2.45) is 13.0 Å². The first-order valence-electron chi connectivity index (χ1n) is 6.12. The van der Waals surface area contributed by atoms with Gasteiger partial charge in [0, 0.05) is 25.8 Å². The fourth-order valence-electron chi connectivity index (χ4n) is 3.24. The van der Waals surface area contributed by atoms with E-state index < -0.39 is 0 Å². The van der Waals surface area contributed by atoms with Gasteiger partial charge in [0.15, 0.2) is 5.78 Å². The zero-order chi connectivity index (χ0) is 11.1. The number of hydrogen-bond acceptors (Lipinski definition) is 2. The monoisotopic (exact) mass is 218 g/mol. The lowest BCUT2D eigenvalue weighted by Crippen LogP contribution is -2.36.